The van der Waals surface area contributed by atoms with Crippen molar-refractivity contribution in [1.82, 2.24) is 4.98 Å². The first-order valence-electron chi connectivity index (χ1n) is 10.8. The zero-order valence-electron chi connectivity index (χ0n) is 19.6. The molecule has 1 aliphatic heterocycles. The number of aryl methyl sites for hydroxylation is 1. The molecule has 0 radical (unpaired) electrons. The Bertz CT molecular complexity index is 1230. The number of anilines is 1. The summed E-state index contributed by atoms with van der Waals surface area (Å²) in [5.74, 6) is -0.433. The highest BCUT2D eigenvalue weighted by molar-refractivity contribution is 9.10. The number of thioether (sulfide) groups is 1. The van der Waals surface area contributed by atoms with E-state index in [1.807, 2.05) is 58.2 Å². The summed E-state index contributed by atoms with van der Waals surface area (Å²) in [6.45, 7) is 7.79. The van der Waals surface area contributed by atoms with Crippen molar-refractivity contribution in [3.63, 3.8) is 0 Å². The zero-order chi connectivity index (χ0) is 24.6. The number of halogens is 2. The maximum atomic E-state index is 13.0. The van der Waals surface area contributed by atoms with Gasteiger partial charge < -0.3 is 14.8 Å². The minimum Gasteiger partial charge on any atom is -0.467 e. The predicted octanol–water partition coefficient (Wildman–Crippen LogP) is 7.72. The lowest BCUT2D eigenvalue weighted by atomic mass is 9.90. The molecule has 3 aromatic rings. The highest BCUT2D eigenvalue weighted by Crippen LogP contribution is 2.54. The fraction of sp³-hybridized carbons (Fsp3) is 0.308. The van der Waals surface area contributed by atoms with Crippen LogP contribution < -0.4 is 5.32 Å². The number of methoxy groups -OCH3 is 1. The summed E-state index contributed by atoms with van der Waals surface area (Å²) in [6.07, 6.45) is 2.74. The monoisotopic (exact) mass is 560 g/mol. The largest absolute Gasteiger partial charge is 0.467 e. The van der Waals surface area contributed by atoms with Gasteiger partial charge in [-0.15, -0.1) is 0 Å². The lowest BCUT2D eigenvalue weighted by Gasteiger charge is -2.29. The molecule has 2 atom stereocenters. The molecule has 1 aliphatic rings. The average molecular weight is 562 g/mol. The van der Waals surface area contributed by atoms with Crippen LogP contribution in [0.5, 0.6) is 0 Å². The summed E-state index contributed by atoms with van der Waals surface area (Å²) < 4.78 is 12.4. The maximum absolute atomic E-state index is 13.0. The third-order valence-corrected chi connectivity index (χ3v) is 7.33. The van der Waals surface area contributed by atoms with Crippen LogP contribution in [0.25, 0.3) is 11.1 Å². The van der Waals surface area contributed by atoms with Crippen LogP contribution in [0.2, 0.25) is 5.02 Å². The second-order valence-electron chi connectivity index (χ2n) is 9.08. The molecule has 0 amide bonds. The molecule has 0 bridgehead atoms. The lowest BCUT2D eigenvalue weighted by molar-refractivity contribution is -0.164. The number of hydrogen-bond acceptors (Lipinski definition) is 6. The molecule has 4 rings (SSSR count). The van der Waals surface area contributed by atoms with E-state index < -0.39 is 17.7 Å². The first kappa shape index (κ1) is 25.0. The van der Waals surface area contributed by atoms with Crippen molar-refractivity contribution in [1.29, 1.82) is 0 Å². The van der Waals surface area contributed by atoms with Gasteiger partial charge in [0.1, 0.15) is 5.37 Å². The molecule has 0 saturated carbocycles. The van der Waals surface area contributed by atoms with Gasteiger partial charge in [0.2, 0.25) is 0 Å². The Morgan fingerprint density at radius 3 is 2.53 bits per heavy atom. The number of rotatable bonds is 5. The Balaban J connectivity index is 1.92. The quantitative estimate of drug-likeness (QED) is 0.322. The molecular weight excluding hydrogens is 536 g/mol. The minimum absolute atomic E-state index is 0.0270. The number of aromatic nitrogens is 1. The van der Waals surface area contributed by atoms with Gasteiger partial charge in [-0.1, -0.05) is 35.5 Å². The Labute approximate surface area is 217 Å². The van der Waals surface area contributed by atoms with E-state index >= 15 is 0 Å². The van der Waals surface area contributed by atoms with E-state index in [0.717, 1.165) is 42.9 Å². The molecule has 0 aliphatic carbocycles. The number of carbonyl (C=O) groups excluding carboxylic acids is 1. The third kappa shape index (κ3) is 5.28. The standard InChI is InChI=1S/C26H26BrClN2O3S/c1-14-10-19-23(34-24(30-19)16-11-17(27)13-29-12-16)21(15-6-8-18(28)9-7-15)20(14)22(25(31)32-5)33-26(2,3)4/h6-13,22,24,30H,1-5H3/t22-,24?/m0/s1. The smallest absolute Gasteiger partial charge is 0.339 e. The van der Waals surface area contributed by atoms with Crippen molar-refractivity contribution >= 4 is 50.9 Å². The average Bonchev–Trinajstić information content (AvgIpc) is 3.20. The normalized spacial score (nSPS) is 16.0. The maximum Gasteiger partial charge on any atom is 0.339 e. The molecule has 0 spiro atoms. The van der Waals surface area contributed by atoms with E-state index in [-0.39, 0.29) is 5.37 Å². The number of pyridine rings is 1. The van der Waals surface area contributed by atoms with E-state index in [9.17, 15) is 4.79 Å². The molecule has 8 heteroatoms. The van der Waals surface area contributed by atoms with Crippen molar-refractivity contribution in [3.8, 4) is 11.1 Å². The van der Waals surface area contributed by atoms with Crippen LogP contribution in [-0.4, -0.2) is 23.7 Å². The minimum atomic E-state index is -0.881. The molecule has 178 valence electrons. The lowest BCUT2D eigenvalue weighted by Crippen LogP contribution is -2.29. The third-order valence-electron chi connectivity index (χ3n) is 5.36. The molecule has 2 aromatic carbocycles. The molecule has 1 N–H and O–H groups in total. The van der Waals surface area contributed by atoms with Crippen LogP contribution >= 0.6 is 39.3 Å². The van der Waals surface area contributed by atoms with Crippen LogP contribution in [-0.2, 0) is 14.3 Å². The Kier molecular flexibility index (Phi) is 7.29. The number of ether oxygens (including phenoxy) is 2. The fourth-order valence-corrected chi connectivity index (χ4v) is 5.77. The first-order chi connectivity index (χ1) is 16.1. The number of nitrogens with zero attached hydrogens (tertiary/aromatic N) is 1. The van der Waals surface area contributed by atoms with Crippen LogP contribution in [0.4, 0.5) is 5.69 Å². The van der Waals surface area contributed by atoms with Crippen LogP contribution in [0.15, 0.2) is 58.2 Å². The van der Waals surface area contributed by atoms with E-state index in [0.29, 0.717) is 5.02 Å². The molecule has 1 aromatic heterocycles. The van der Waals surface area contributed by atoms with Crippen molar-refractivity contribution in [2.45, 2.75) is 49.7 Å². The Morgan fingerprint density at radius 2 is 1.91 bits per heavy atom. The summed E-state index contributed by atoms with van der Waals surface area (Å²) in [5.41, 5.74) is 5.11. The van der Waals surface area contributed by atoms with Gasteiger partial charge in [-0.2, -0.15) is 0 Å². The molecule has 0 fully saturated rings. The zero-order valence-corrected chi connectivity index (χ0v) is 22.8. The van der Waals surface area contributed by atoms with E-state index in [4.69, 9.17) is 21.1 Å². The number of esters is 1. The molecule has 5 nitrogen and oxygen atoms in total. The van der Waals surface area contributed by atoms with E-state index in [2.05, 4.69) is 38.4 Å². The first-order valence-corrected chi connectivity index (χ1v) is 12.8. The number of benzene rings is 2. The van der Waals surface area contributed by atoms with Gasteiger partial charge in [-0.3, -0.25) is 4.98 Å². The SMILES string of the molecule is COC(=O)[C@@H](OC(C)(C)C)c1c(C)cc2c(c1-c1ccc(Cl)cc1)SC(c1cncc(Br)c1)N2. The summed E-state index contributed by atoms with van der Waals surface area (Å²) >= 11 is 11.4. The molecule has 34 heavy (non-hydrogen) atoms. The molecule has 1 unspecified atom stereocenters. The number of fused-ring (bicyclic) bond motifs is 1. The highest BCUT2D eigenvalue weighted by Gasteiger charge is 2.36. The summed E-state index contributed by atoms with van der Waals surface area (Å²) in [4.78, 5) is 18.4. The highest BCUT2D eigenvalue weighted by atomic mass is 79.9. The van der Waals surface area contributed by atoms with Crippen molar-refractivity contribution in [2.75, 3.05) is 12.4 Å². The second-order valence-corrected chi connectivity index (χ2v) is 11.5. The van der Waals surface area contributed by atoms with Gasteiger partial charge in [0.15, 0.2) is 6.10 Å². The van der Waals surface area contributed by atoms with Crippen LogP contribution in [0, 0.1) is 6.92 Å². The Hall–Kier alpha value is -2.06. The molecule has 2 heterocycles. The van der Waals surface area contributed by atoms with Gasteiger partial charge in [0, 0.05) is 49.2 Å². The Morgan fingerprint density at radius 1 is 1.21 bits per heavy atom. The summed E-state index contributed by atoms with van der Waals surface area (Å²) in [5, 5.41) is 4.24. The number of nitrogens with one attached hydrogen (secondary N) is 1. The fourth-order valence-electron chi connectivity index (χ4n) is 3.98. The van der Waals surface area contributed by atoms with E-state index in [1.165, 1.54) is 7.11 Å². The van der Waals surface area contributed by atoms with Gasteiger partial charge in [0.05, 0.1) is 12.7 Å². The number of carbonyl (C=O) groups is 1. The predicted molar refractivity (Wildman–Crippen MR) is 141 cm³/mol. The number of hydrogen-bond donors (Lipinski definition) is 1. The molecular formula is C26H26BrClN2O3S. The van der Waals surface area contributed by atoms with Crippen LogP contribution in [0.3, 0.4) is 0 Å². The van der Waals surface area contributed by atoms with Crippen molar-refractivity contribution in [3.05, 3.63) is 75.0 Å². The molecule has 0 saturated heterocycles. The van der Waals surface area contributed by atoms with Gasteiger partial charge >= 0.3 is 5.97 Å². The topological polar surface area (TPSA) is 60.5 Å². The second kappa shape index (κ2) is 9.90. The van der Waals surface area contributed by atoms with Gasteiger partial charge in [-0.05, 0) is 79.0 Å². The van der Waals surface area contributed by atoms with Crippen molar-refractivity contribution < 1.29 is 14.3 Å². The summed E-state index contributed by atoms with van der Waals surface area (Å²) in [6, 6.07) is 11.8. The summed E-state index contributed by atoms with van der Waals surface area (Å²) in [7, 11) is 1.39. The van der Waals surface area contributed by atoms with E-state index in [1.54, 1.807) is 18.0 Å². The van der Waals surface area contributed by atoms with Crippen molar-refractivity contribution in [2.24, 2.45) is 0 Å². The van der Waals surface area contributed by atoms with Gasteiger partial charge in [0.25, 0.3) is 0 Å². The van der Waals surface area contributed by atoms with Gasteiger partial charge in [-0.25, -0.2) is 4.79 Å². The van der Waals surface area contributed by atoms with Crippen LogP contribution in [0.1, 0.15) is 48.9 Å².